The Morgan fingerprint density at radius 3 is 2.38 bits per heavy atom. The van der Waals surface area contributed by atoms with Gasteiger partial charge in [-0.05, 0) is 38.7 Å². The van der Waals surface area contributed by atoms with Gasteiger partial charge in [-0.3, -0.25) is 14.5 Å². The number of aliphatic hydroxyl groups is 1. The number of fused-ring (bicyclic) bond motifs is 1. The van der Waals surface area contributed by atoms with Gasteiger partial charge in [0.1, 0.15) is 5.75 Å². The maximum atomic E-state index is 12.0. The molecule has 0 aromatic heterocycles. The lowest BCUT2D eigenvalue weighted by atomic mass is 10.1. The highest BCUT2D eigenvalue weighted by Gasteiger charge is 2.35. The van der Waals surface area contributed by atoms with Crippen molar-refractivity contribution < 1.29 is 19.4 Å². The van der Waals surface area contributed by atoms with E-state index in [1.807, 2.05) is 21.0 Å². The fourth-order valence-corrected chi connectivity index (χ4v) is 1.88. The molecule has 2 rings (SSSR count). The number of hydrogen-bond acceptors (Lipinski definition) is 5. The molecular weight excluding hydrogens is 272 g/mol. The SMILES string of the molecule is CCCOc1ccc2c(c1)C(=O)N(CCO)C2=O.CNC. The molecule has 6 nitrogen and oxygen atoms in total. The van der Waals surface area contributed by atoms with Crippen LogP contribution in [0.3, 0.4) is 0 Å². The zero-order valence-electron chi connectivity index (χ0n) is 12.7. The average Bonchev–Trinajstić information content (AvgIpc) is 2.71. The molecule has 0 radical (unpaired) electrons. The molecule has 1 aliphatic rings. The number of ether oxygens (including phenoxy) is 1. The summed E-state index contributed by atoms with van der Waals surface area (Å²) in [5.41, 5.74) is 0.722. The minimum Gasteiger partial charge on any atom is -0.494 e. The van der Waals surface area contributed by atoms with E-state index in [0.717, 1.165) is 11.3 Å². The molecule has 0 spiro atoms. The third kappa shape index (κ3) is 4.03. The van der Waals surface area contributed by atoms with Crippen molar-refractivity contribution in [1.82, 2.24) is 10.2 Å². The van der Waals surface area contributed by atoms with Crippen molar-refractivity contribution in [3.8, 4) is 5.75 Å². The minimum absolute atomic E-state index is 0.0253. The van der Waals surface area contributed by atoms with Crippen LogP contribution in [0.25, 0.3) is 0 Å². The van der Waals surface area contributed by atoms with Gasteiger partial charge in [-0.15, -0.1) is 0 Å². The molecule has 1 aromatic carbocycles. The number of carbonyl (C=O) groups excluding carboxylic acids is 2. The summed E-state index contributed by atoms with van der Waals surface area (Å²) in [5.74, 6) is -0.139. The summed E-state index contributed by atoms with van der Waals surface area (Å²) in [6.07, 6.45) is 0.876. The van der Waals surface area contributed by atoms with Crippen LogP contribution in [-0.4, -0.2) is 55.7 Å². The summed E-state index contributed by atoms with van der Waals surface area (Å²) in [5, 5.41) is 11.6. The molecule has 0 unspecified atom stereocenters. The number of nitrogens with one attached hydrogen (secondary N) is 1. The summed E-state index contributed by atoms with van der Waals surface area (Å²) < 4.78 is 5.43. The molecule has 2 N–H and O–H groups in total. The summed E-state index contributed by atoms with van der Waals surface area (Å²) in [7, 11) is 3.75. The second-order valence-electron chi connectivity index (χ2n) is 4.54. The van der Waals surface area contributed by atoms with E-state index in [2.05, 4.69) is 5.32 Å². The van der Waals surface area contributed by atoms with Crippen molar-refractivity contribution in [3.63, 3.8) is 0 Å². The number of aliphatic hydroxyl groups excluding tert-OH is 1. The van der Waals surface area contributed by atoms with Gasteiger partial charge in [0.2, 0.25) is 0 Å². The molecule has 2 amide bonds. The van der Waals surface area contributed by atoms with Gasteiger partial charge in [0, 0.05) is 0 Å². The van der Waals surface area contributed by atoms with Crippen molar-refractivity contribution in [2.75, 3.05) is 33.9 Å². The molecule has 116 valence electrons. The van der Waals surface area contributed by atoms with Crippen LogP contribution in [0.15, 0.2) is 18.2 Å². The maximum absolute atomic E-state index is 12.0. The first-order valence-electron chi connectivity index (χ1n) is 6.93. The first-order valence-corrected chi connectivity index (χ1v) is 6.93. The van der Waals surface area contributed by atoms with Gasteiger partial charge in [0.25, 0.3) is 11.8 Å². The van der Waals surface area contributed by atoms with Crippen molar-refractivity contribution in [3.05, 3.63) is 29.3 Å². The number of carbonyl (C=O) groups is 2. The van der Waals surface area contributed by atoms with E-state index in [-0.39, 0.29) is 25.0 Å². The van der Waals surface area contributed by atoms with Crippen LogP contribution >= 0.6 is 0 Å². The molecule has 1 aromatic rings. The molecule has 0 bridgehead atoms. The number of hydrogen-bond donors (Lipinski definition) is 2. The predicted octanol–water partition coefficient (Wildman–Crippen LogP) is 0.899. The van der Waals surface area contributed by atoms with Crippen molar-refractivity contribution in [2.24, 2.45) is 0 Å². The van der Waals surface area contributed by atoms with Crippen LogP contribution < -0.4 is 10.1 Å². The summed E-state index contributed by atoms with van der Waals surface area (Å²) in [6.45, 7) is 2.36. The number of nitrogens with zero attached hydrogens (tertiary/aromatic N) is 1. The molecule has 0 fully saturated rings. The minimum atomic E-state index is -0.369. The zero-order valence-corrected chi connectivity index (χ0v) is 12.7. The summed E-state index contributed by atoms with van der Waals surface area (Å²) in [4.78, 5) is 24.9. The highest BCUT2D eigenvalue weighted by molar-refractivity contribution is 6.21. The van der Waals surface area contributed by atoms with E-state index in [4.69, 9.17) is 9.84 Å². The van der Waals surface area contributed by atoms with Gasteiger partial charge in [-0.2, -0.15) is 0 Å². The normalized spacial score (nSPS) is 12.9. The number of rotatable bonds is 5. The molecule has 0 saturated carbocycles. The van der Waals surface area contributed by atoms with E-state index >= 15 is 0 Å². The maximum Gasteiger partial charge on any atom is 0.261 e. The van der Waals surface area contributed by atoms with Crippen LogP contribution in [0, 0.1) is 0 Å². The Bertz CT molecular complexity index is 502. The zero-order chi connectivity index (χ0) is 15.8. The van der Waals surface area contributed by atoms with Crippen molar-refractivity contribution in [1.29, 1.82) is 0 Å². The first kappa shape index (κ1) is 17.1. The fraction of sp³-hybridized carbons (Fsp3) is 0.467. The number of benzene rings is 1. The van der Waals surface area contributed by atoms with E-state index in [9.17, 15) is 9.59 Å². The third-order valence-electron chi connectivity index (χ3n) is 2.74. The summed E-state index contributed by atoms with van der Waals surface area (Å²) in [6, 6.07) is 4.86. The van der Waals surface area contributed by atoms with Crippen LogP contribution in [0.1, 0.15) is 34.1 Å². The van der Waals surface area contributed by atoms with Gasteiger partial charge in [0.15, 0.2) is 0 Å². The second-order valence-corrected chi connectivity index (χ2v) is 4.54. The molecule has 6 heteroatoms. The van der Waals surface area contributed by atoms with Crippen molar-refractivity contribution >= 4 is 11.8 Å². The molecule has 0 saturated heterocycles. The Balaban J connectivity index is 0.000000677. The highest BCUT2D eigenvalue weighted by atomic mass is 16.5. The van der Waals surface area contributed by atoms with E-state index in [0.29, 0.717) is 23.5 Å². The second kappa shape index (κ2) is 8.39. The molecule has 0 aliphatic carbocycles. The van der Waals surface area contributed by atoms with Crippen LogP contribution in [-0.2, 0) is 0 Å². The first-order chi connectivity index (χ1) is 10.1. The Hall–Kier alpha value is -1.92. The quantitative estimate of drug-likeness (QED) is 0.789. The van der Waals surface area contributed by atoms with Gasteiger partial charge in [-0.25, -0.2) is 0 Å². The van der Waals surface area contributed by atoms with Gasteiger partial charge < -0.3 is 15.2 Å². The number of imide groups is 1. The molecular formula is C15H22N2O4. The average molecular weight is 294 g/mol. The standard InChI is InChI=1S/C13H15NO4.C2H7N/c1-2-7-18-9-3-4-10-11(8-9)13(17)14(5-6-15)12(10)16;1-3-2/h3-4,8,15H,2,5-7H2,1H3;3H,1-2H3. The molecule has 1 aliphatic heterocycles. The Kier molecular flexibility index (Phi) is 6.84. The Morgan fingerprint density at radius 1 is 1.19 bits per heavy atom. The van der Waals surface area contributed by atoms with Gasteiger partial charge in [0.05, 0.1) is 30.9 Å². The summed E-state index contributed by atoms with van der Waals surface area (Å²) >= 11 is 0. The van der Waals surface area contributed by atoms with Crippen LogP contribution in [0.5, 0.6) is 5.75 Å². The smallest absolute Gasteiger partial charge is 0.261 e. The molecule has 21 heavy (non-hydrogen) atoms. The van der Waals surface area contributed by atoms with Crippen LogP contribution in [0.2, 0.25) is 0 Å². The van der Waals surface area contributed by atoms with Gasteiger partial charge >= 0.3 is 0 Å². The van der Waals surface area contributed by atoms with Crippen LogP contribution in [0.4, 0.5) is 0 Å². The molecule has 1 heterocycles. The number of β-amino-alcohol motifs (C(OH)–C–C–N with tert-alkyl or cyclic N) is 1. The largest absolute Gasteiger partial charge is 0.494 e. The fourth-order valence-electron chi connectivity index (χ4n) is 1.88. The monoisotopic (exact) mass is 294 g/mol. The van der Waals surface area contributed by atoms with E-state index in [1.165, 1.54) is 0 Å². The topological polar surface area (TPSA) is 78.9 Å². The van der Waals surface area contributed by atoms with Crippen molar-refractivity contribution in [2.45, 2.75) is 13.3 Å². The lowest BCUT2D eigenvalue weighted by molar-refractivity contribution is 0.0624. The van der Waals surface area contributed by atoms with Gasteiger partial charge in [-0.1, -0.05) is 6.92 Å². The highest BCUT2D eigenvalue weighted by Crippen LogP contribution is 2.26. The predicted molar refractivity (Wildman–Crippen MR) is 79.7 cm³/mol. The number of amides is 2. The van der Waals surface area contributed by atoms with E-state index < -0.39 is 0 Å². The van der Waals surface area contributed by atoms with E-state index in [1.54, 1.807) is 18.2 Å². The third-order valence-corrected chi connectivity index (χ3v) is 2.74. The lowest BCUT2D eigenvalue weighted by Gasteiger charge is -2.10. The lowest BCUT2D eigenvalue weighted by Crippen LogP contribution is -2.32. The molecule has 0 atom stereocenters. The Morgan fingerprint density at radius 2 is 1.81 bits per heavy atom. The Labute approximate surface area is 124 Å².